The van der Waals surface area contributed by atoms with E-state index in [9.17, 15) is 14.0 Å². The third-order valence-electron chi connectivity index (χ3n) is 4.44. The summed E-state index contributed by atoms with van der Waals surface area (Å²) < 4.78 is 13.0. The van der Waals surface area contributed by atoms with E-state index in [1.165, 1.54) is 12.1 Å². The molecule has 0 aromatic heterocycles. The van der Waals surface area contributed by atoms with Crippen LogP contribution in [0.2, 0.25) is 0 Å². The van der Waals surface area contributed by atoms with E-state index in [-0.39, 0.29) is 17.8 Å². The predicted octanol–water partition coefficient (Wildman–Crippen LogP) is 2.77. The molecule has 124 valence electrons. The van der Waals surface area contributed by atoms with E-state index in [1.807, 2.05) is 4.90 Å². The molecule has 2 N–H and O–H groups in total. The maximum absolute atomic E-state index is 13.0. The van der Waals surface area contributed by atoms with E-state index >= 15 is 0 Å². The zero-order valence-electron chi connectivity index (χ0n) is 13.2. The van der Waals surface area contributed by atoms with Crippen LogP contribution in [0.5, 0.6) is 0 Å². The normalized spacial score (nSPS) is 17.0. The summed E-state index contributed by atoms with van der Waals surface area (Å²) in [6.07, 6.45) is 2.60. The Labute approximate surface area is 140 Å². The van der Waals surface area contributed by atoms with Gasteiger partial charge in [0.2, 0.25) is 5.91 Å². The van der Waals surface area contributed by atoms with Crippen molar-refractivity contribution < 1.29 is 14.0 Å². The van der Waals surface area contributed by atoms with Gasteiger partial charge in [-0.2, -0.15) is 0 Å². The van der Waals surface area contributed by atoms with Gasteiger partial charge < -0.3 is 10.6 Å². The molecule has 1 atom stereocenters. The molecule has 5 heteroatoms. The number of halogens is 1. The van der Waals surface area contributed by atoms with Crippen LogP contribution in [0.25, 0.3) is 0 Å². The second-order valence-electron chi connectivity index (χ2n) is 6.07. The number of hydrogen-bond acceptors (Lipinski definition) is 2. The fourth-order valence-corrected chi connectivity index (χ4v) is 3.15. The molecule has 1 heterocycles. The highest BCUT2D eigenvalue weighted by atomic mass is 19.1. The van der Waals surface area contributed by atoms with Crippen LogP contribution in [0, 0.1) is 5.82 Å². The maximum atomic E-state index is 13.0. The number of amides is 2. The first-order valence-electron chi connectivity index (χ1n) is 8.00. The molecule has 4 nitrogen and oxygen atoms in total. The fraction of sp³-hybridized carbons (Fsp3) is 0.263. The summed E-state index contributed by atoms with van der Waals surface area (Å²) >= 11 is 0. The van der Waals surface area contributed by atoms with Crippen LogP contribution in [0.3, 0.4) is 0 Å². The van der Waals surface area contributed by atoms with Crippen LogP contribution in [0.4, 0.5) is 4.39 Å². The van der Waals surface area contributed by atoms with E-state index in [1.54, 1.807) is 36.4 Å². The van der Waals surface area contributed by atoms with Gasteiger partial charge in [0.15, 0.2) is 0 Å². The van der Waals surface area contributed by atoms with E-state index in [0.717, 1.165) is 18.4 Å². The lowest BCUT2D eigenvalue weighted by Gasteiger charge is -2.25. The molecule has 0 unspecified atom stereocenters. The van der Waals surface area contributed by atoms with Gasteiger partial charge in [-0.3, -0.25) is 9.59 Å². The van der Waals surface area contributed by atoms with Crippen LogP contribution in [0.15, 0.2) is 48.5 Å². The minimum Gasteiger partial charge on any atom is -0.366 e. The standard InChI is InChI=1S/C19H19FN2O2/c20-16-9-3-13(4-10-16)12-17-2-1-11-22(17)19(24)15-7-5-14(6-8-15)18(21)23/h3-10,17H,1-2,11-12H2,(H2,21,23)/t17-/m1/s1. The highest BCUT2D eigenvalue weighted by Crippen LogP contribution is 2.23. The monoisotopic (exact) mass is 326 g/mol. The fourth-order valence-electron chi connectivity index (χ4n) is 3.15. The van der Waals surface area contributed by atoms with Crippen molar-refractivity contribution in [3.05, 3.63) is 71.0 Å². The summed E-state index contributed by atoms with van der Waals surface area (Å²) in [4.78, 5) is 25.7. The topological polar surface area (TPSA) is 63.4 Å². The number of carbonyl (C=O) groups is 2. The summed E-state index contributed by atoms with van der Waals surface area (Å²) in [5.41, 5.74) is 7.17. The summed E-state index contributed by atoms with van der Waals surface area (Å²) in [6.45, 7) is 0.711. The molecule has 1 fully saturated rings. The van der Waals surface area contributed by atoms with E-state index in [0.29, 0.717) is 24.1 Å². The lowest BCUT2D eigenvalue weighted by Crippen LogP contribution is -2.36. The summed E-state index contributed by atoms with van der Waals surface area (Å²) in [7, 11) is 0. The minimum absolute atomic E-state index is 0.0457. The Kier molecular flexibility index (Phi) is 4.60. The highest BCUT2D eigenvalue weighted by Gasteiger charge is 2.29. The zero-order valence-corrected chi connectivity index (χ0v) is 13.2. The molecular weight excluding hydrogens is 307 g/mol. The van der Waals surface area contributed by atoms with Crippen molar-refractivity contribution in [1.29, 1.82) is 0 Å². The molecule has 0 saturated carbocycles. The van der Waals surface area contributed by atoms with Gasteiger partial charge in [0.05, 0.1) is 0 Å². The van der Waals surface area contributed by atoms with Gasteiger partial charge >= 0.3 is 0 Å². The predicted molar refractivity (Wildman–Crippen MR) is 89.1 cm³/mol. The lowest BCUT2D eigenvalue weighted by molar-refractivity contribution is 0.0736. The number of primary amides is 1. The smallest absolute Gasteiger partial charge is 0.254 e. The molecule has 0 spiro atoms. The molecule has 0 radical (unpaired) electrons. The van der Waals surface area contributed by atoms with Gasteiger partial charge in [0, 0.05) is 23.7 Å². The molecule has 0 aliphatic carbocycles. The van der Waals surface area contributed by atoms with Gasteiger partial charge in [-0.25, -0.2) is 4.39 Å². The number of nitrogens with zero attached hydrogens (tertiary/aromatic N) is 1. The maximum Gasteiger partial charge on any atom is 0.254 e. The molecule has 1 saturated heterocycles. The van der Waals surface area contributed by atoms with E-state index in [4.69, 9.17) is 5.73 Å². The molecule has 3 rings (SSSR count). The summed E-state index contributed by atoms with van der Waals surface area (Å²) in [5, 5.41) is 0. The van der Waals surface area contributed by atoms with Gasteiger partial charge in [-0.1, -0.05) is 12.1 Å². The number of carbonyl (C=O) groups excluding carboxylic acids is 2. The number of likely N-dealkylation sites (tertiary alicyclic amines) is 1. The van der Waals surface area contributed by atoms with Crippen molar-refractivity contribution in [3.8, 4) is 0 Å². The Hall–Kier alpha value is -2.69. The summed E-state index contributed by atoms with van der Waals surface area (Å²) in [6, 6.07) is 12.9. The second-order valence-corrected chi connectivity index (χ2v) is 6.07. The van der Waals surface area contributed by atoms with Gasteiger partial charge in [-0.15, -0.1) is 0 Å². The average Bonchev–Trinajstić information content (AvgIpc) is 3.04. The zero-order chi connectivity index (χ0) is 17.1. The Morgan fingerprint density at radius 3 is 2.29 bits per heavy atom. The van der Waals surface area contributed by atoms with Crippen molar-refractivity contribution >= 4 is 11.8 Å². The quantitative estimate of drug-likeness (QED) is 0.939. The van der Waals surface area contributed by atoms with Crippen LogP contribution < -0.4 is 5.73 Å². The Morgan fingerprint density at radius 1 is 1.04 bits per heavy atom. The first-order valence-corrected chi connectivity index (χ1v) is 8.00. The van der Waals surface area contributed by atoms with Crippen molar-refractivity contribution in [1.82, 2.24) is 4.90 Å². The van der Waals surface area contributed by atoms with Crippen molar-refractivity contribution in [2.24, 2.45) is 5.73 Å². The SMILES string of the molecule is NC(=O)c1ccc(C(=O)N2CCC[C@@H]2Cc2ccc(F)cc2)cc1. The molecule has 2 aromatic rings. The number of benzene rings is 2. The van der Waals surface area contributed by atoms with E-state index in [2.05, 4.69) is 0 Å². The average molecular weight is 326 g/mol. The van der Waals surface area contributed by atoms with Crippen molar-refractivity contribution in [3.63, 3.8) is 0 Å². The van der Waals surface area contributed by atoms with Gasteiger partial charge in [0.1, 0.15) is 5.82 Å². The van der Waals surface area contributed by atoms with Crippen LogP contribution in [0.1, 0.15) is 39.1 Å². The van der Waals surface area contributed by atoms with Crippen LogP contribution in [-0.2, 0) is 6.42 Å². The van der Waals surface area contributed by atoms with Gasteiger partial charge in [-0.05, 0) is 61.2 Å². The molecule has 24 heavy (non-hydrogen) atoms. The summed E-state index contributed by atoms with van der Waals surface area (Å²) in [5.74, 6) is -0.812. The Balaban J connectivity index is 1.73. The first-order chi connectivity index (χ1) is 11.5. The number of nitrogens with two attached hydrogens (primary N) is 1. The Bertz CT molecular complexity index is 741. The molecule has 1 aliphatic rings. The van der Waals surface area contributed by atoms with Crippen LogP contribution >= 0.6 is 0 Å². The lowest BCUT2D eigenvalue weighted by atomic mass is 10.0. The third kappa shape index (κ3) is 3.45. The first kappa shape index (κ1) is 16.2. The molecule has 2 amide bonds. The molecular formula is C19H19FN2O2. The van der Waals surface area contributed by atoms with Crippen molar-refractivity contribution in [2.75, 3.05) is 6.54 Å². The number of rotatable bonds is 4. The van der Waals surface area contributed by atoms with Gasteiger partial charge in [0.25, 0.3) is 5.91 Å². The largest absolute Gasteiger partial charge is 0.366 e. The Morgan fingerprint density at radius 2 is 1.67 bits per heavy atom. The van der Waals surface area contributed by atoms with E-state index < -0.39 is 5.91 Å². The highest BCUT2D eigenvalue weighted by molar-refractivity contribution is 5.97. The molecule has 0 bridgehead atoms. The minimum atomic E-state index is -0.510. The molecule has 2 aromatic carbocycles. The molecule has 1 aliphatic heterocycles. The third-order valence-corrected chi connectivity index (χ3v) is 4.44. The second kappa shape index (κ2) is 6.83. The number of hydrogen-bond donors (Lipinski definition) is 1. The van der Waals surface area contributed by atoms with Crippen molar-refractivity contribution in [2.45, 2.75) is 25.3 Å². The van der Waals surface area contributed by atoms with Crippen LogP contribution in [-0.4, -0.2) is 29.3 Å².